The summed E-state index contributed by atoms with van der Waals surface area (Å²) in [7, 11) is 0. The number of nitrogens with zero attached hydrogens (tertiary/aromatic N) is 2. The normalized spacial score (nSPS) is 14.3. The molecule has 38 heavy (non-hydrogen) atoms. The minimum atomic E-state index is -0.876. The first-order valence-corrected chi connectivity index (χ1v) is 12.2. The molecule has 4 rings (SSSR count). The second-order valence-corrected chi connectivity index (χ2v) is 9.45. The van der Waals surface area contributed by atoms with E-state index in [0.717, 1.165) is 18.1 Å². The predicted octanol–water partition coefficient (Wildman–Crippen LogP) is 6.11. The van der Waals surface area contributed by atoms with E-state index < -0.39 is 16.8 Å². The molecule has 1 atom stereocenters. The van der Waals surface area contributed by atoms with Gasteiger partial charge in [0, 0.05) is 23.8 Å². The molecule has 3 aromatic carbocycles. The van der Waals surface area contributed by atoms with Crippen LogP contribution in [0.1, 0.15) is 47.7 Å². The van der Waals surface area contributed by atoms with Crippen LogP contribution in [0.15, 0.2) is 72.1 Å². The average Bonchev–Trinajstić information content (AvgIpc) is 2.87. The van der Waals surface area contributed by atoms with Crippen LogP contribution in [0.2, 0.25) is 5.02 Å². The van der Waals surface area contributed by atoms with Gasteiger partial charge in [-0.1, -0.05) is 43.6 Å². The van der Waals surface area contributed by atoms with Crippen LogP contribution in [0, 0.1) is 27.4 Å². The Kier molecular flexibility index (Phi) is 7.84. The summed E-state index contributed by atoms with van der Waals surface area (Å²) < 4.78 is 17.0. The van der Waals surface area contributed by atoms with Crippen molar-refractivity contribution >= 4 is 23.3 Å². The lowest BCUT2D eigenvalue weighted by atomic mass is 9.83. The van der Waals surface area contributed by atoms with Crippen LogP contribution >= 0.6 is 11.6 Å². The van der Waals surface area contributed by atoms with Crippen LogP contribution in [0.5, 0.6) is 17.2 Å². The molecule has 0 aromatic heterocycles. The minimum Gasteiger partial charge on any atom is -0.494 e. The van der Waals surface area contributed by atoms with E-state index in [1.54, 1.807) is 6.07 Å². The summed E-state index contributed by atoms with van der Waals surface area (Å²) in [4.78, 5) is 23.2. The Balaban J connectivity index is 1.64. The van der Waals surface area contributed by atoms with E-state index in [2.05, 4.69) is 19.9 Å². The van der Waals surface area contributed by atoms with Crippen LogP contribution in [0.3, 0.4) is 0 Å². The van der Waals surface area contributed by atoms with Gasteiger partial charge in [-0.2, -0.15) is 5.26 Å². The highest BCUT2D eigenvalue weighted by molar-refractivity contribution is 6.33. The number of allylic oxidation sites excluding steroid dienone is 1. The van der Waals surface area contributed by atoms with Crippen LogP contribution in [-0.4, -0.2) is 17.5 Å². The van der Waals surface area contributed by atoms with Gasteiger partial charge in [0.05, 0.1) is 28.0 Å². The fourth-order valence-electron chi connectivity index (χ4n) is 3.98. The Morgan fingerprint density at radius 2 is 1.97 bits per heavy atom. The number of carbonyl (C=O) groups excluding carboxylic acids is 1. The van der Waals surface area contributed by atoms with Crippen molar-refractivity contribution in [2.75, 3.05) is 6.61 Å². The number of ether oxygens (including phenoxy) is 3. The maximum absolute atomic E-state index is 12.7. The van der Waals surface area contributed by atoms with Crippen LogP contribution in [-0.2, 0) is 0 Å². The monoisotopic (exact) mass is 533 g/mol. The summed E-state index contributed by atoms with van der Waals surface area (Å²) in [6.45, 7) is 4.81. The number of hydrogen-bond acceptors (Lipinski definition) is 8. The molecule has 0 saturated carbocycles. The summed E-state index contributed by atoms with van der Waals surface area (Å²) in [6, 6.07) is 17.8. The Morgan fingerprint density at radius 1 is 1.18 bits per heavy atom. The number of rotatable bonds is 8. The Hall–Kier alpha value is -4.55. The number of hydrogen-bond donors (Lipinski definition) is 1. The molecular weight excluding hydrogens is 510 g/mol. The highest BCUT2D eigenvalue weighted by Gasteiger charge is 2.31. The number of nitriles is 1. The number of nitrogens with two attached hydrogens (primary N) is 1. The lowest BCUT2D eigenvalue weighted by Gasteiger charge is -2.27. The molecule has 10 heteroatoms. The molecule has 0 saturated heterocycles. The third kappa shape index (κ3) is 5.71. The lowest BCUT2D eigenvalue weighted by molar-refractivity contribution is -0.384. The largest absolute Gasteiger partial charge is 0.494 e. The second kappa shape index (κ2) is 11.2. The second-order valence-electron chi connectivity index (χ2n) is 9.04. The van der Waals surface area contributed by atoms with Gasteiger partial charge in [0.25, 0.3) is 5.69 Å². The molecule has 194 valence electrons. The Labute approximate surface area is 224 Å². The molecule has 0 aliphatic carbocycles. The number of fused-ring (bicyclic) bond motifs is 1. The first-order valence-electron chi connectivity index (χ1n) is 11.8. The zero-order valence-electron chi connectivity index (χ0n) is 20.6. The highest BCUT2D eigenvalue weighted by atomic mass is 35.5. The Morgan fingerprint density at radius 3 is 2.68 bits per heavy atom. The van der Waals surface area contributed by atoms with Crippen molar-refractivity contribution in [3.63, 3.8) is 0 Å². The number of nitro groups is 1. The molecule has 0 amide bonds. The maximum atomic E-state index is 12.7. The van der Waals surface area contributed by atoms with E-state index in [0.29, 0.717) is 29.6 Å². The maximum Gasteiger partial charge on any atom is 0.345 e. The van der Waals surface area contributed by atoms with Gasteiger partial charge in [-0.15, -0.1) is 0 Å². The van der Waals surface area contributed by atoms with Gasteiger partial charge in [-0.05, 0) is 42.2 Å². The van der Waals surface area contributed by atoms with E-state index >= 15 is 0 Å². The number of nitro benzene ring substituents is 1. The molecule has 0 bridgehead atoms. The van der Waals surface area contributed by atoms with E-state index in [9.17, 15) is 20.2 Å². The molecule has 1 aliphatic rings. The zero-order valence-corrected chi connectivity index (χ0v) is 21.4. The van der Waals surface area contributed by atoms with E-state index in [1.165, 1.54) is 24.3 Å². The van der Waals surface area contributed by atoms with Crippen LogP contribution in [0.4, 0.5) is 5.69 Å². The quantitative estimate of drug-likeness (QED) is 0.158. The van der Waals surface area contributed by atoms with Crippen LogP contribution in [0.25, 0.3) is 0 Å². The van der Waals surface area contributed by atoms with Gasteiger partial charge in [0.1, 0.15) is 28.9 Å². The van der Waals surface area contributed by atoms with Crippen molar-refractivity contribution in [3.05, 3.63) is 104 Å². The van der Waals surface area contributed by atoms with Gasteiger partial charge in [-0.25, -0.2) is 4.79 Å². The molecule has 1 heterocycles. The van der Waals surface area contributed by atoms with Crippen molar-refractivity contribution in [2.24, 2.45) is 11.7 Å². The fourth-order valence-corrected chi connectivity index (χ4v) is 4.18. The third-order valence-corrected chi connectivity index (χ3v) is 6.27. The van der Waals surface area contributed by atoms with Gasteiger partial charge < -0.3 is 19.9 Å². The number of carbonyl (C=O) groups is 1. The lowest BCUT2D eigenvalue weighted by Crippen LogP contribution is -2.21. The van der Waals surface area contributed by atoms with Gasteiger partial charge in [-0.3, -0.25) is 10.1 Å². The van der Waals surface area contributed by atoms with Crippen molar-refractivity contribution in [2.45, 2.75) is 26.2 Å². The first-order chi connectivity index (χ1) is 18.2. The number of halogens is 1. The molecule has 3 aromatic rings. The van der Waals surface area contributed by atoms with Gasteiger partial charge in [0.15, 0.2) is 0 Å². The molecule has 9 nitrogen and oxygen atoms in total. The number of esters is 1. The standard InChI is InChI=1S/C28H24ClN3O6/c1-16(2)10-11-36-19-5-3-4-17(12-19)26-21-8-7-20(14-25(21)38-27(31)23(26)15-30)37-28(33)22-13-18(32(34)35)6-9-24(22)29/h3-9,12-14,16,26H,10-11,31H2,1-2H3. The van der Waals surface area contributed by atoms with Crippen molar-refractivity contribution in [1.82, 2.24) is 0 Å². The third-order valence-electron chi connectivity index (χ3n) is 5.94. The summed E-state index contributed by atoms with van der Waals surface area (Å²) in [5.74, 6) is 0.103. The van der Waals surface area contributed by atoms with E-state index in [4.69, 9.17) is 31.5 Å². The molecule has 1 unspecified atom stereocenters. The molecule has 2 N–H and O–H groups in total. The molecule has 1 aliphatic heterocycles. The SMILES string of the molecule is CC(C)CCOc1cccc(C2C(C#N)=C(N)Oc3cc(OC(=O)c4cc([N+](=O)[O-])ccc4Cl)ccc32)c1. The molecular formula is C28H24ClN3O6. The summed E-state index contributed by atoms with van der Waals surface area (Å²) in [6.07, 6.45) is 0.906. The molecule has 0 fully saturated rings. The number of non-ortho nitro benzene ring substituents is 1. The summed E-state index contributed by atoms with van der Waals surface area (Å²) in [5.41, 5.74) is 7.32. The van der Waals surface area contributed by atoms with Crippen molar-refractivity contribution in [3.8, 4) is 23.3 Å². The Bertz CT molecular complexity index is 1480. The smallest absolute Gasteiger partial charge is 0.345 e. The zero-order chi connectivity index (χ0) is 27.4. The number of benzene rings is 3. The van der Waals surface area contributed by atoms with Gasteiger partial charge in [0.2, 0.25) is 5.88 Å². The minimum absolute atomic E-state index is 0.0104. The average molecular weight is 534 g/mol. The summed E-state index contributed by atoms with van der Waals surface area (Å²) >= 11 is 6.06. The molecule has 0 spiro atoms. The fraction of sp³-hybridized carbons (Fsp3) is 0.214. The predicted molar refractivity (Wildman–Crippen MR) is 140 cm³/mol. The van der Waals surface area contributed by atoms with Crippen LogP contribution < -0.4 is 19.9 Å². The first kappa shape index (κ1) is 26.5. The topological polar surface area (TPSA) is 138 Å². The van der Waals surface area contributed by atoms with E-state index in [1.807, 2.05) is 24.3 Å². The highest BCUT2D eigenvalue weighted by Crippen LogP contribution is 2.44. The van der Waals surface area contributed by atoms with Crippen molar-refractivity contribution < 1.29 is 23.9 Å². The van der Waals surface area contributed by atoms with E-state index in [-0.39, 0.29) is 33.5 Å². The van der Waals surface area contributed by atoms with Gasteiger partial charge >= 0.3 is 5.97 Å². The summed E-state index contributed by atoms with van der Waals surface area (Å²) in [5, 5.41) is 20.9. The van der Waals surface area contributed by atoms with Crippen molar-refractivity contribution in [1.29, 1.82) is 5.26 Å². The molecule has 0 radical (unpaired) electrons.